The number of carbonyl (C=O) groups is 2. The molecule has 114 valence electrons. The van der Waals surface area contributed by atoms with Gasteiger partial charge in [-0.2, -0.15) is 0 Å². The van der Waals surface area contributed by atoms with E-state index in [4.69, 9.17) is 4.74 Å². The highest BCUT2D eigenvalue weighted by atomic mass is 16.6. The number of hydrogen-bond acceptors (Lipinski definition) is 3. The Labute approximate surface area is 130 Å². The number of benzene rings is 2. The van der Waals surface area contributed by atoms with Gasteiger partial charge < -0.3 is 4.74 Å². The minimum atomic E-state index is -0.548. The molecule has 0 unspecified atom stereocenters. The molecule has 4 heteroatoms. The summed E-state index contributed by atoms with van der Waals surface area (Å²) in [5.74, 6) is -0.0515. The van der Waals surface area contributed by atoms with Crippen LogP contribution in [-0.4, -0.2) is 17.5 Å². The normalized spacial score (nSPS) is 10.9. The summed E-state index contributed by atoms with van der Waals surface area (Å²) in [4.78, 5) is 23.9. The molecule has 2 aromatic carbocycles. The monoisotopic (exact) mass is 297 g/mol. The van der Waals surface area contributed by atoms with Gasteiger partial charge in [0.25, 0.3) is 0 Å². The predicted molar refractivity (Wildman–Crippen MR) is 86.2 cm³/mol. The van der Waals surface area contributed by atoms with Crippen molar-refractivity contribution in [3.05, 3.63) is 65.7 Å². The summed E-state index contributed by atoms with van der Waals surface area (Å²) in [7, 11) is 0. The molecule has 0 atom stereocenters. The van der Waals surface area contributed by atoms with Crippen molar-refractivity contribution in [2.24, 2.45) is 0 Å². The number of amides is 1. The fourth-order valence-electron chi connectivity index (χ4n) is 1.88. The van der Waals surface area contributed by atoms with Gasteiger partial charge in [0.15, 0.2) is 5.78 Å². The molecule has 1 amide bonds. The second-order valence-electron chi connectivity index (χ2n) is 5.90. The van der Waals surface area contributed by atoms with Crippen molar-refractivity contribution in [2.45, 2.75) is 26.4 Å². The van der Waals surface area contributed by atoms with E-state index in [1.807, 2.05) is 18.2 Å². The Balaban J connectivity index is 2.05. The van der Waals surface area contributed by atoms with E-state index in [1.54, 1.807) is 57.2 Å². The lowest BCUT2D eigenvalue weighted by Crippen LogP contribution is -2.27. The summed E-state index contributed by atoms with van der Waals surface area (Å²) in [6.07, 6.45) is -0.519. The highest BCUT2D eigenvalue weighted by Gasteiger charge is 2.16. The fraction of sp³-hybridized carbons (Fsp3) is 0.222. The standard InChI is InChI=1S/C18H19NO3/c1-18(2,3)22-17(21)19-15-11-9-14(10-12-15)16(20)13-7-5-4-6-8-13/h4-12H,1-3H3,(H,19,21). The molecule has 22 heavy (non-hydrogen) atoms. The maximum absolute atomic E-state index is 12.3. The topological polar surface area (TPSA) is 55.4 Å². The van der Waals surface area contributed by atoms with Crippen molar-refractivity contribution in [1.82, 2.24) is 0 Å². The Morgan fingerprint density at radius 3 is 1.95 bits per heavy atom. The number of anilines is 1. The van der Waals surface area contributed by atoms with Crippen molar-refractivity contribution >= 4 is 17.6 Å². The summed E-state index contributed by atoms with van der Waals surface area (Å²) >= 11 is 0. The average Bonchev–Trinajstić information content (AvgIpc) is 2.46. The number of rotatable bonds is 3. The van der Waals surface area contributed by atoms with Gasteiger partial charge in [0.1, 0.15) is 5.60 Å². The zero-order valence-corrected chi connectivity index (χ0v) is 12.9. The van der Waals surface area contributed by atoms with Crippen LogP contribution in [-0.2, 0) is 4.74 Å². The molecule has 1 N–H and O–H groups in total. The molecular formula is C18H19NO3. The second kappa shape index (κ2) is 6.43. The van der Waals surface area contributed by atoms with Crippen molar-refractivity contribution in [3.63, 3.8) is 0 Å². The molecule has 0 aromatic heterocycles. The Bertz CT molecular complexity index is 655. The van der Waals surface area contributed by atoms with Crippen molar-refractivity contribution < 1.29 is 14.3 Å². The van der Waals surface area contributed by atoms with Gasteiger partial charge in [-0.3, -0.25) is 10.1 Å². The van der Waals surface area contributed by atoms with Gasteiger partial charge in [-0.25, -0.2) is 4.79 Å². The zero-order valence-electron chi connectivity index (χ0n) is 12.9. The molecule has 0 spiro atoms. The van der Waals surface area contributed by atoms with Crippen LogP contribution < -0.4 is 5.32 Å². The van der Waals surface area contributed by atoms with Gasteiger partial charge in [-0.15, -0.1) is 0 Å². The SMILES string of the molecule is CC(C)(C)OC(=O)Nc1ccc(C(=O)c2ccccc2)cc1. The van der Waals surface area contributed by atoms with Crippen LogP contribution in [0.25, 0.3) is 0 Å². The molecule has 2 rings (SSSR count). The summed E-state index contributed by atoms with van der Waals surface area (Å²) in [6, 6.07) is 15.8. The number of hydrogen-bond donors (Lipinski definition) is 1. The van der Waals surface area contributed by atoms with Crippen molar-refractivity contribution in [2.75, 3.05) is 5.32 Å². The molecule has 0 aliphatic heterocycles. The van der Waals surface area contributed by atoms with Crippen LogP contribution in [0.2, 0.25) is 0 Å². The third kappa shape index (κ3) is 4.45. The lowest BCUT2D eigenvalue weighted by molar-refractivity contribution is 0.0636. The van der Waals surface area contributed by atoms with Gasteiger partial charge >= 0.3 is 6.09 Å². The Morgan fingerprint density at radius 2 is 1.41 bits per heavy atom. The summed E-state index contributed by atoms with van der Waals surface area (Å²) in [5, 5.41) is 2.63. The molecule has 0 aliphatic carbocycles. The quantitative estimate of drug-likeness (QED) is 0.861. The predicted octanol–water partition coefficient (Wildman–Crippen LogP) is 4.26. The molecule has 4 nitrogen and oxygen atoms in total. The Kier molecular flexibility index (Phi) is 4.61. The van der Waals surface area contributed by atoms with E-state index >= 15 is 0 Å². The van der Waals surface area contributed by atoms with Crippen molar-refractivity contribution in [3.8, 4) is 0 Å². The molecule has 0 saturated heterocycles. The molecule has 0 fully saturated rings. The molecule has 0 radical (unpaired) electrons. The molecular weight excluding hydrogens is 278 g/mol. The van der Waals surface area contributed by atoms with Gasteiger partial charge in [0.2, 0.25) is 0 Å². The average molecular weight is 297 g/mol. The van der Waals surface area contributed by atoms with Crippen LogP contribution >= 0.6 is 0 Å². The van der Waals surface area contributed by atoms with E-state index < -0.39 is 11.7 Å². The Morgan fingerprint density at radius 1 is 0.864 bits per heavy atom. The third-order valence-corrected chi connectivity index (χ3v) is 2.83. The molecule has 0 bridgehead atoms. The maximum atomic E-state index is 12.3. The molecule has 0 saturated carbocycles. The van der Waals surface area contributed by atoms with E-state index in [9.17, 15) is 9.59 Å². The number of carbonyl (C=O) groups excluding carboxylic acids is 2. The number of ketones is 1. The smallest absolute Gasteiger partial charge is 0.412 e. The summed E-state index contributed by atoms with van der Waals surface area (Å²) < 4.78 is 5.17. The maximum Gasteiger partial charge on any atom is 0.412 e. The molecule has 2 aromatic rings. The second-order valence-corrected chi connectivity index (χ2v) is 5.90. The molecule has 0 heterocycles. The first-order valence-electron chi connectivity index (χ1n) is 7.05. The van der Waals surface area contributed by atoms with E-state index in [0.29, 0.717) is 16.8 Å². The highest BCUT2D eigenvalue weighted by molar-refractivity contribution is 6.09. The largest absolute Gasteiger partial charge is 0.444 e. The summed E-state index contributed by atoms with van der Waals surface area (Å²) in [6.45, 7) is 5.40. The molecule has 0 aliphatic rings. The highest BCUT2D eigenvalue weighted by Crippen LogP contribution is 2.15. The van der Waals surface area contributed by atoms with E-state index in [-0.39, 0.29) is 5.78 Å². The number of ether oxygens (including phenoxy) is 1. The minimum absolute atomic E-state index is 0.0515. The van der Waals surface area contributed by atoms with Crippen LogP contribution in [0, 0.1) is 0 Å². The van der Waals surface area contributed by atoms with Crippen LogP contribution in [0.4, 0.5) is 10.5 Å². The first kappa shape index (κ1) is 15.8. The first-order chi connectivity index (χ1) is 10.3. The van der Waals surface area contributed by atoms with Gasteiger partial charge in [-0.1, -0.05) is 30.3 Å². The lowest BCUT2D eigenvalue weighted by Gasteiger charge is -2.19. The van der Waals surface area contributed by atoms with Crippen LogP contribution in [0.1, 0.15) is 36.7 Å². The van der Waals surface area contributed by atoms with Gasteiger partial charge in [0.05, 0.1) is 0 Å². The third-order valence-electron chi connectivity index (χ3n) is 2.83. The van der Waals surface area contributed by atoms with E-state index in [2.05, 4.69) is 5.32 Å². The minimum Gasteiger partial charge on any atom is -0.444 e. The summed E-state index contributed by atoms with van der Waals surface area (Å²) in [5.41, 5.74) is 1.24. The lowest BCUT2D eigenvalue weighted by atomic mass is 10.0. The number of nitrogens with one attached hydrogen (secondary N) is 1. The van der Waals surface area contributed by atoms with E-state index in [0.717, 1.165) is 0 Å². The fourth-order valence-corrected chi connectivity index (χ4v) is 1.88. The van der Waals surface area contributed by atoms with Gasteiger partial charge in [0, 0.05) is 16.8 Å². The van der Waals surface area contributed by atoms with E-state index in [1.165, 1.54) is 0 Å². The van der Waals surface area contributed by atoms with Crippen LogP contribution in [0.5, 0.6) is 0 Å². The van der Waals surface area contributed by atoms with Crippen molar-refractivity contribution in [1.29, 1.82) is 0 Å². The Hall–Kier alpha value is -2.62. The zero-order chi connectivity index (χ0) is 16.2. The van der Waals surface area contributed by atoms with Gasteiger partial charge in [-0.05, 0) is 45.0 Å². The van der Waals surface area contributed by atoms with Crippen LogP contribution in [0.15, 0.2) is 54.6 Å². The van der Waals surface area contributed by atoms with Crippen LogP contribution in [0.3, 0.4) is 0 Å². The first-order valence-corrected chi connectivity index (χ1v) is 7.05.